The van der Waals surface area contributed by atoms with E-state index in [9.17, 15) is 4.79 Å². The van der Waals surface area contributed by atoms with Crippen LogP contribution in [0.15, 0.2) is 30.3 Å². The van der Waals surface area contributed by atoms with Crippen molar-refractivity contribution in [2.75, 3.05) is 6.54 Å². The van der Waals surface area contributed by atoms with Gasteiger partial charge in [-0.1, -0.05) is 24.3 Å². The Balaban J connectivity index is 2.23. The van der Waals surface area contributed by atoms with Gasteiger partial charge in [-0.15, -0.1) is 0 Å². The molecule has 1 amide bonds. The fourth-order valence-corrected chi connectivity index (χ4v) is 2.78. The highest BCUT2D eigenvalue weighted by atomic mass is 16.2. The maximum Gasteiger partial charge on any atom is 0.223 e. The standard InChI is InChI=1S/C15H16N2O/c1-3-14-15-12(8-9-17(14)10(2)18)11-6-4-5-7-13(11)16-15/h3-7,16H,8-9H2,1-2H3/b14-3-. The van der Waals surface area contributed by atoms with Crippen molar-refractivity contribution < 1.29 is 4.79 Å². The third kappa shape index (κ3) is 1.47. The van der Waals surface area contributed by atoms with Crippen LogP contribution >= 0.6 is 0 Å². The molecule has 3 heteroatoms. The zero-order valence-electron chi connectivity index (χ0n) is 10.7. The lowest BCUT2D eigenvalue weighted by Crippen LogP contribution is -2.33. The Morgan fingerprint density at radius 3 is 2.89 bits per heavy atom. The van der Waals surface area contributed by atoms with Gasteiger partial charge in [0.2, 0.25) is 5.91 Å². The Kier molecular flexibility index (Phi) is 2.47. The number of H-pyrrole nitrogens is 1. The summed E-state index contributed by atoms with van der Waals surface area (Å²) >= 11 is 0. The van der Waals surface area contributed by atoms with E-state index >= 15 is 0 Å². The summed E-state index contributed by atoms with van der Waals surface area (Å²) in [5.74, 6) is 0.104. The van der Waals surface area contributed by atoms with Crippen LogP contribution in [-0.2, 0) is 11.2 Å². The first-order valence-corrected chi connectivity index (χ1v) is 6.26. The average molecular weight is 240 g/mol. The Morgan fingerprint density at radius 2 is 2.17 bits per heavy atom. The fourth-order valence-electron chi connectivity index (χ4n) is 2.78. The summed E-state index contributed by atoms with van der Waals surface area (Å²) < 4.78 is 0. The Labute approximate surface area is 106 Å². The number of fused-ring (bicyclic) bond motifs is 3. The van der Waals surface area contributed by atoms with Crippen LogP contribution in [0.2, 0.25) is 0 Å². The van der Waals surface area contributed by atoms with Crippen molar-refractivity contribution in [2.45, 2.75) is 20.3 Å². The van der Waals surface area contributed by atoms with Crippen molar-refractivity contribution in [3.8, 4) is 0 Å². The van der Waals surface area contributed by atoms with E-state index in [1.54, 1.807) is 6.92 Å². The van der Waals surface area contributed by atoms with E-state index in [1.165, 1.54) is 10.9 Å². The van der Waals surface area contributed by atoms with Crippen molar-refractivity contribution in [3.63, 3.8) is 0 Å². The summed E-state index contributed by atoms with van der Waals surface area (Å²) in [5, 5.41) is 1.27. The minimum Gasteiger partial charge on any atom is -0.353 e. The summed E-state index contributed by atoms with van der Waals surface area (Å²) in [4.78, 5) is 16.9. The van der Waals surface area contributed by atoms with Crippen LogP contribution in [0.1, 0.15) is 25.1 Å². The van der Waals surface area contributed by atoms with E-state index < -0.39 is 0 Å². The molecule has 1 aliphatic rings. The molecule has 0 spiro atoms. The number of allylic oxidation sites excluding steroid dienone is 1. The second-order valence-electron chi connectivity index (χ2n) is 4.62. The number of hydrogen-bond acceptors (Lipinski definition) is 1. The molecular weight excluding hydrogens is 224 g/mol. The molecule has 1 N–H and O–H groups in total. The summed E-state index contributed by atoms with van der Waals surface area (Å²) in [7, 11) is 0. The van der Waals surface area contributed by atoms with Crippen LogP contribution in [-0.4, -0.2) is 22.3 Å². The molecule has 0 atom stereocenters. The van der Waals surface area contributed by atoms with Crippen LogP contribution < -0.4 is 0 Å². The van der Waals surface area contributed by atoms with Gasteiger partial charge in [-0.05, 0) is 25.0 Å². The topological polar surface area (TPSA) is 36.1 Å². The molecule has 0 radical (unpaired) electrons. The predicted octanol–water partition coefficient (Wildman–Crippen LogP) is 2.93. The van der Waals surface area contributed by atoms with Crippen molar-refractivity contribution in [1.29, 1.82) is 0 Å². The summed E-state index contributed by atoms with van der Waals surface area (Å²) in [6.45, 7) is 4.37. The number of rotatable bonds is 0. The normalized spacial score (nSPS) is 17.2. The molecule has 92 valence electrons. The molecule has 2 aromatic rings. The highest BCUT2D eigenvalue weighted by molar-refractivity contribution is 5.93. The molecule has 0 aliphatic carbocycles. The molecule has 1 aromatic heterocycles. The molecule has 0 unspecified atom stereocenters. The highest BCUT2D eigenvalue weighted by Gasteiger charge is 2.26. The molecule has 3 nitrogen and oxygen atoms in total. The first-order chi connectivity index (χ1) is 8.72. The summed E-state index contributed by atoms with van der Waals surface area (Å²) in [5.41, 5.74) is 4.57. The molecule has 1 aromatic carbocycles. The first kappa shape index (κ1) is 11.1. The second kappa shape index (κ2) is 4.02. The Morgan fingerprint density at radius 1 is 1.39 bits per heavy atom. The Bertz CT molecular complexity index is 652. The maximum atomic E-state index is 11.7. The van der Waals surface area contributed by atoms with Gasteiger partial charge in [0.05, 0.1) is 11.4 Å². The first-order valence-electron chi connectivity index (χ1n) is 6.26. The molecule has 0 bridgehead atoms. The van der Waals surface area contributed by atoms with Gasteiger partial charge in [-0.25, -0.2) is 0 Å². The van der Waals surface area contributed by atoms with Gasteiger partial charge in [0.1, 0.15) is 0 Å². The van der Waals surface area contributed by atoms with Gasteiger partial charge in [0, 0.05) is 24.4 Å². The van der Waals surface area contributed by atoms with Crippen LogP contribution in [0.25, 0.3) is 16.6 Å². The molecule has 2 heterocycles. The second-order valence-corrected chi connectivity index (χ2v) is 4.62. The molecule has 1 aliphatic heterocycles. The molecule has 3 rings (SSSR count). The quantitative estimate of drug-likeness (QED) is 0.755. The van der Waals surface area contributed by atoms with Gasteiger partial charge in [0.15, 0.2) is 0 Å². The lowest BCUT2D eigenvalue weighted by atomic mass is 10.0. The number of aromatic nitrogens is 1. The van der Waals surface area contributed by atoms with Crippen LogP contribution in [0.3, 0.4) is 0 Å². The molecule has 0 saturated heterocycles. The molecule has 0 fully saturated rings. The number of carbonyl (C=O) groups is 1. The summed E-state index contributed by atoms with van der Waals surface area (Å²) in [6, 6.07) is 8.31. The van der Waals surface area contributed by atoms with E-state index in [4.69, 9.17) is 0 Å². The number of benzene rings is 1. The highest BCUT2D eigenvalue weighted by Crippen LogP contribution is 2.33. The number of hydrogen-bond donors (Lipinski definition) is 1. The van der Waals surface area contributed by atoms with Gasteiger partial charge in [-0.3, -0.25) is 4.79 Å². The lowest BCUT2D eigenvalue weighted by Gasteiger charge is -2.28. The van der Waals surface area contributed by atoms with E-state index in [0.717, 1.165) is 29.9 Å². The van der Waals surface area contributed by atoms with Crippen molar-refractivity contribution in [1.82, 2.24) is 9.88 Å². The average Bonchev–Trinajstić information content (AvgIpc) is 2.75. The van der Waals surface area contributed by atoms with Gasteiger partial charge in [0.25, 0.3) is 0 Å². The van der Waals surface area contributed by atoms with E-state index in [2.05, 4.69) is 23.2 Å². The number of nitrogens with one attached hydrogen (secondary N) is 1. The van der Waals surface area contributed by atoms with E-state index in [0.29, 0.717) is 0 Å². The van der Waals surface area contributed by atoms with Gasteiger partial charge >= 0.3 is 0 Å². The fraction of sp³-hybridized carbons (Fsp3) is 0.267. The predicted molar refractivity (Wildman–Crippen MR) is 73.0 cm³/mol. The van der Waals surface area contributed by atoms with E-state index in [1.807, 2.05) is 24.0 Å². The number of nitrogens with zero attached hydrogens (tertiary/aromatic N) is 1. The van der Waals surface area contributed by atoms with Crippen LogP contribution in [0, 0.1) is 0 Å². The lowest BCUT2D eigenvalue weighted by molar-refractivity contribution is -0.125. The van der Waals surface area contributed by atoms with Crippen LogP contribution in [0.5, 0.6) is 0 Å². The van der Waals surface area contributed by atoms with Crippen molar-refractivity contribution in [2.24, 2.45) is 0 Å². The zero-order chi connectivity index (χ0) is 12.7. The minimum atomic E-state index is 0.104. The molecular formula is C15H16N2O. The smallest absolute Gasteiger partial charge is 0.223 e. The summed E-state index contributed by atoms with van der Waals surface area (Å²) in [6.07, 6.45) is 2.92. The zero-order valence-corrected chi connectivity index (χ0v) is 10.7. The maximum absolute atomic E-state index is 11.7. The Hall–Kier alpha value is -2.03. The molecule has 0 saturated carbocycles. The third-order valence-corrected chi connectivity index (χ3v) is 3.60. The van der Waals surface area contributed by atoms with Gasteiger partial charge in [-0.2, -0.15) is 0 Å². The van der Waals surface area contributed by atoms with Crippen LogP contribution in [0.4, 0.5) is 0 Å². The van der Waals surface area contributed by atoms with Crippen molar-refractivity contribution >= 4 is 22.5 Å². The minimum absolute atomic E-state index is 0.104. The largest absolute Gasteiger partial charge is 0.353 e. The number of carbonyl (C=O) groups excluding carboxylic acids is 1. The monoisotopic (exact) mass is 240 g/mol. The third-order valence-electron chi connectivity index (χ3n) is 3.60. The van der Waals surface area contributed by atoms with Gasteiger partial charge < -0.3 is 9.88 Å². The van der Waals surface area contributed by atoms with Crippen molar-refractivity contribution in [3.05, 3.63) is 41.6 Å². The number of aromatic amines is 1. The number of amides is 1. The SMILES string of the molecule is C/C=C1/c2[nH]c3ccccc3c2CCN1C(C)=O. The van der Waals surface area contributed by atoms with E-state index in [-0.39, 0.29) is 5.91 Å². The molecule has 18 heavy (non-hydrogen) atoms. The number of para-hydroxylation sites is 1.